The molecule has 3 aromatic rings. The highest BCUT2D eigenvalue weighted by Crippen LogP contribution is 2.36. The van der Waals surface area contributed by atoms with Gasteiger partial charge in [0, 0.05) is 17.0 Å². The van der Waals surface area contributed by atoms with Crippen LogP contribution in [-0.4, -0.2) is 34.2 Å². The third-order valence-electron chi connectivity index (χ3n) is 3.97. The predicted octanol–water partition coefficient (Wildman–Crippen LogP) is 3.30. The molecule has 3 rings (SSSR count). The summed E-state index contributed by atoms with van der Waals surface area (Å²) in [6.45, 7) is 3.93. The Labute approximate surface area is 180 Å². The lowest BCUT2D eigenvalue weighted by Crippen LogP contribution is -2.17. The molecule has 8 nitrogen and oxygen atoms in total. The minimum Gasteiger partial charge on any atom is -0.462 e. The van der Waals surface area contributed by atoms with Crippen LogP contribution in [0.5, 0.6) is 0 Å². The summed E-state index contributed by atoms with van der Waals surface area (Å²) in [6.07, 6.45) is 0. The summed E-state index contributed by atoms with van der Waals surface area (Å²) in [5, 5.41) is 5.22. The molecule has 0 fully saturated rings. The minimum atomic E-state index is -0.501. The number of hydrogen-bond donors (Lipinski definition) is 3. The molecule has 1 amide bonds. The van der Waals surface area contributed by atoms with Gasteiger partial charge in [0.05, 0.1) is 12.4 Å². The highest BCUT2D eigenvalue weighted by atomic mass is 32.2. The smallest absolute Gasteiger partial charge is 0.341 e. The van der Waals surface area contributed by atoms with E-state index in [4.69, 9.17) is 10.5 Å². The van der Waals surface area contributed by atoms with Crippen molar-refractivity contribution in [3.8, 4) is 11.1 Å². The van der Waals surface area contributed by atoms with E-state index in [0.717, 1.165) is 29.0 Å². The second kappa shape index (κ2) is 9.59. The van der Waals surface area contributed by atoms with Crippen LogP contribution in [-0.2, 0) is 9.53 Å². The van der Waals surface area contributed by atoms with Gasteiger partial charge in [-0.05, 0) is 19.4 Å². The van der Waals surface area contributed by atoms with Crippen molar-refractivity contribution < 1.29 is 14.3 Å². The molecule has 0 saturated heterocycles. The molecule has 156 valence electrons. The standard InChI is InChI=1S/C20H20N4O4S2/c1-3-28-19(27)17-13(12-6-4-11(2)5-7-12)9-29-18(17)23-16(26)10-30-20-22-14(21)8-15(25)24-20/h4-9H,3,10H2,1-2H3,(H,23,26)(H3,21,22,24,25). The van der Waals surface area contributed by atoms with Gasteiger partial charge in [-0.25, -0.2) is 9.78 Å². The van der Waals surface area contributed by atoms with Crippen LogP contribution in [0.15, 0.2) is 45.7 Å². The van der Waals surface area contributed by atoms with Gasteiger partial charge in [-0.1, -0.05) is 41.6 Å². The normalized spacial score (nSPS) is 10.6. The van der Waals surface area contributed by atoms with Crippen LogP contribution in [0.3, 0.4) is 0 Å². The third kappa shape index (κ3) is 5.28. The van der Waals surface area contributed by atoms with Gasteiger partial charge >= 0.3 is 5.97 Å². The monoisotopic (exact) mass is 444 g/mol. The van der Waals surface area contributed by atoms with E-state index in [1.807, 2.05) is 36.6 Å². The number of aromatic amines is 1. The van der Waals surface area contributed by atoms with Crippen LogP contribution >= 0.6 is 23.1 Å². The number of nitrogens with two attached hydrogens (primary N) is 1. The number of nitrogen functional groups attached to an aromatic ring is 1. The van der Waals surface area contributed by atoms with Gasteiger partial charge in [-0.15, -0.1) is 11.3 Å². The molecule has 0 radical (unpaired) electrons. The maximum absolute atomic E-state index is 12.6. The lowest BCUT2D eigenvalue weighted by Gasteiger charge is -2.09. The first-order chi connectivity index (χ1) is 14.4. The molecule has 0 unspecified atom stereocenters. The van der Waals surface area contributed by atoms with Crippen molar-refractivity contribution in [1.82, 2.24) is 9.97 Å². The number of carbonyl (C=O) groups excluding carboxylic acids is 2. The molecule has 4 N–H and O–H groups in total. The number of carbonyl (C=O) groups is 2. The molecule has 0 saturated carbocycles. The maximum Gasteiger partial charge on any atom is 0.341 e. The lowest BCUT2D eigenvalue weighted by molar-refractivity contribution is -0.113. The number of nitrogens with one attached hydrogen (secondary N) is 2. The number of benzene rings is 1. The van der Waals surface area contributed by atoms with E-state index in [-0.39, 0.29) is 29.2 Å². The zero-order chi connectivity index (χ0) is 21.7. The summed E-state index contributed by atoms with van der Waals surface area (Å²) < 4.78 is 5.20. The molecular weight excluding hydrogens is 424 g/mol. The van der Waals surface area contributed by atoms with Gasteiger partial charge in [-0.2, -0.15) is 0 Å². The topological polar surface area (TPSA) is 127 Å². The second-order valence-electron chi connectivity index (χ2n) is 6.25. The van der Waals surface area contributed by atoms with Crippen molar-refractivity contribution in [2.75, 3.05) is 23.4 Å². The molecule has 30 heavy (non-hydrogen) atoms. The zero-order valence-corrected chi connectivity index (χ0v) is 18.0. The maximum atomic E-state index is 12.6. The average molecular weight is 445 g/mol. The van der Waals surface area contributed by atoms with Crippen molar-refractivity contribution in [3.05, 3.63) is 57.2 Å². The van der Waals surface area contributed by atoms with Gasteiger partial charge in [0.1, 0.15) is 16.4 Å². The Kier molecular flexibility index (Phi) is 6.91. The molecule has 2 aromatic heterocycles. The third-order valence-corrected chi connectivity index (χ3v) is 5.73. The first-order valence-electron chi connectivity index (χ1n) is 9.02. The number of H-pyrrole nitrogens is 1. The van der Waals surface area contributed by atoms with E-state index < -0.39 is 11.5 Å². The fraction of sp³-hybridized carbons (Fsp3) is 0.200. The number of thioether (sulfide) groups is 1. The molecule has 0 aliphatic carbocycles. The van der Waals surface area contributed by atoms with E-state index in [2.05, 4.69) is 15.3 Å². The summed E-state index contributed by atoms with van der Waals surface area (Å²) in [5.74, 6) is -0.800. The van der Waals surface area contributed by atoms with Gasteiger partial charge < -0.3 is 20.8 Å². The lowest BCUT2D eigenvalue weighted by atomic mass is 10.0. The first-order valence-corrected chi connectivity index (χ1v) is 10.9. The molecule has 0 bridgehead atoms. The number of thiophene rings is 1. The first kappa shape index (κ1) is 21.6. The number of aromatic nitrogens is 2. The highest BCUT2D eigenvalue weighted by Gasteiger charge is 2.23. The van der Waals surface area contributed by atoms with Crippen LogP contribution in [0.1, 0.15) is 22.8 Å². The summed E-state index contributed by atoms with van der Waals surface area (Å²) in [7, 11) is 0. The SMILES string of the molecule is CCOC(=O)c1c(-c2ccc(C)cc2)csc1NC(=O)CSc1nc(N)cc(=O)[nH]1. The molecule has 0 aliphatic rings. The second-order valence-corrected chi connectivity index (χ2v) is 8.10. The number of ether oxygens (including phenoxy) is 1. The van der Waals surface area contributed by atoms with E-state index in [1.165, 1.54) is 11.3 Å². The number of aryl methyl sites for hydroxylation is 1. The molecular formula is C20H20N4O4S2. The van der Waals surface area contributed by atoms with Crippen LogP contribution < -0.4 is 16.6 Å². The number of nitrogens with zero attached hydrogens (tertiary/aromatic N) is 1. The summed E-state index contributed by atoms with van der Waals surface area (Å²) in [4.78, 5) is 43.0. The quantitative estimate of drug-likeness (QED) is 0.290. The van der Waals surface area contributed by atoms with Gasteiger partial charge in [0.15, 0.2) is 5.16 Å². The van der Waals surface area contributed by atoms with Crippen LogP contribution in [0.2, 0.25) is 0 Å². The zero-order valence-electron chi connectivity index (χ0n) is 16.4. The summed E-state index contributed by atoms with van der Waals surface area (Å²) in [6, 6.07) is 8.91. The molecule has 2 heterocycles. The number of esters is 1. The number of anilines is 2. The Balaban J connectivity index is 1.80. The average Bonchev–Trinajstić information content (AvgIpc) is 3.10. The fourth-order valence-corrected chi connectivity index (χ4v) is 4.28. The van der Waals surface area contributed by atoms with Gasteiger partial charge in [0.2, 0.25) is 5.91 Å². The molecule has 0 spiro atoms. The Bertz CT molecular complexity index is 1120. The number of hydrogen-bond acceptors (Lipinski definition) is 8. The van der Waals surface area contributed by atoms with Crippen molar-refractivity contribution in [2.45, 2.75) is 19.0 Å². The molecule has 10 heteroatoms. The van der Waals surface area contributed by atoms with Crippen LogP contribution in [0.25, 0.3) is 11.1 Å². The Hall–Kier alpha value is -3.11. The molecule has 0 atom stereocenters. The predicted molar refractivity (Wildman–Crippen MR) is 119 cm³/mol. The van der Waals surface area contributed by atoms with Crippen LogP contribution in [0.4, 0.5) is 10.8 Å². The molecule has 1 aromatic carbocycles. The Morgan fingerprint density at radius 2 is 2.03 bits per heavy atom. The van der Waals surface area contributed by atoms with Crippen molar-refractivity contribution in [2.24, 2.45) is 0 Å². The van der Waals surface area contributed by atoms with E-state index in [1.54, 1.807) is 6.92 Å². The number of amides is 1. The fourth-order valence-electron chi connectivity index (χ4n) is 2.62. The van der Waals surface area contributed by atoms with Crippen molar-refractivity contribution in [1.29, 1.82) is 0 Å². The van der Waals surface area contributed by atoms with E-state index in [0.29, 0.717) is 16.1 Å². The summed E-state index contributed by atoms with van der Waals surface area (Å²) in [5.41, 5.74) is 8.13. The van der Waals surface area contributed by atoms with Crippen molar-refractivity contribution >= 4 is 45.8 Å². The molecule has 0 aliphatic heterocycles. The van der Waals surface area contributed by atoms with Crippen molar-refractivity contribution in [3.63, 3.8) is 0 Å². The van der Waals surface area contributed by atoms with Gasteiger partial charge in [0.25, 0.3) is 5.56 Å². The van der Waals surface area contributed by atoms with Crippen LogP contribution in [0, 0.1) is 6.92 Å². The summed E-state index contributed by atoms with van der Waals surface area (Å²) >= 11 is 2.28. The van der Waals surface area contributed by atoms with Gasteiger partial charge in [-0.3, -0.25) is 9.59 Å². The van der Waals surface area contributed by atoms with E-state index in [9.17, 15) is 14.4 Å². The highest BCUT2D eigenvalue weighted by molar-refractivity contribution is 7.99. The Morgan fingerprint density at radius 3 is 2.70 bits per heavy atom. The number of rotatable bonds is 7. The van der Waals surface area contributed by atoms with E-state index >= 15 is 0 Å². The minimum absolute atomic E-state index is 0.0214. The largest absolute Gasteiger partial charge is 0.462 e. The Morgan fingerprint density at radius 1 is 1.30 bits per heavy atom.